The number of benzene rings is 2. The van der Waals surface area contributed by atoms with Gasteiger partial charge in [-0.15, -0.1) is 10.2 Å². The van der Waals surface area contributed by atoms with Crippen LogP contribution in [0.25, 0.3) is 11.4 Å². The second kappa shape index (κ2) is 10.1. The molecule has 1 aliphatic heterocycles. The van der Waals surface area contributed by atoms with Crippen molar-refractivity contribution in [2.75, 3.05) is 25.0 Å². The number of likely N-dealkylation sites (tertiary alicyclic amines) is 1. The highest BCUT2D eigenvalue weighted by Crippen LogP contribution is 2.23. The van der Waals surface area contributed by atoms with Crippen molar-refractivity contribution in [2.45, 2.75) is 19.3 Å². The first kappa shape index (κ1) is 21.5. The Kier molecular flexibility index (Phi) is 6.79. The van der Waals surface area contributed by atoms with Crippen molar-refractivity contribution < 1.29 is 14.3 Å². The number of ether oxygens (including phenoxy) is 1. The van der Waals surface area contributed by atoms with Crippen LogP contribution in [0.1, 0.15) is 19.3 Å². The van der Waals surface area contributed by atoms with Gasteiger partial charge in [-0.2, -0.15) is 0 Å². The minimum absolute atomic E-state index is 0.0164. The smallest absolute Gasteiger partial charge is 0.229 e. The molecule has 0 spiro atoms. The molecule has 0 aliphatic carbocycles. The first-order valence-electron chi connectivity index (χ1n) is 10.8. The highest BCUT2D eigenvalue weighted by Gasteiger charge is 2.28. The molecular weight excluding hydrogens is 406 g/mol. The lowest BCUT2D eigenvalue weighted by molar-refractivity contribution is -0.135. The molecule has 4 rings (SSSR count). The van der Waals surface area contributed by atoms with E-state index in [-0.39, 0.29) is 17.7 Å². The lowest BCUT2D eigenvalue weighted by Gasteiger charge is -2.32. The van der Waals surface area contributed by atoms with Crippen molar-refractivity contribution in [1.29, 1.82) is 0 Å². The number of amides is 2. The molecule has 1 aliphatic rings. The normalized spacial score (nSPS) is 15.9. The quantitative estimate of drug-likeness (QED) is 0.618. The number of carbonyl (C=O) groups is 2. The van der Waals surface area contributed by atoms with Crippen LogP contribution in [0, 0.1) is 5.92 Å². The van der Waals surface area contributed by atoms with Gasteiger partial charge in [0.15, 0.2) is 5.82 Å². The Bertz CT molecular complexity index is 1070. The third-order valence-corrected chi connectivity index (χ3v) is 5.57. The van der Waals surface area contributed by atoms with E-state index in [4.69, 9.17) is 4.74 Å². The van der Waals surface area contributed by atoms with Crippen LogP contribution in [-0.2, 0) is 16.6 Å². The number of piperidine rings is 1. The maximum Gasteiger partial charge on any atom is 0.229 e. The number of aryl methyl sites for hydroxylation is 1. The summed E-state index contributed by atoms with van der Waals surface area (Å²) in [6, 6.07) is 17.0. The number of nitrogens with one attached hydrogen (secondary N) is 1. The Hall–Kier alpha value is -3.68. The van der Waals surface area contributed by atoms with Crippen molar-refractivity contribution in [3.05, 3.63) is 60.9 Å². The number of rotatable bonds is 7. The number of aromatic nitrogens is 3. The molecule has 166 valence electrons. The van der Waals surface area contributed by atoms with Crippen molar-refractivity contribution in [3.8, 4) is 17.1 Å². The van der Waals surface area contributed by atoms with Gasteiger partial charge in [0.25, 0.3) is 0 Å². The first-order chi connectivity index (χ1) is 15.6. The van der Waals surface area contributed by atoms with Gasteiger partial charge in [0.1, 0.15) is 12.1 Å². The standard InChI is InChI=1S/C24H27N5O3/c1-28-17-25-27-23(28)18-7-5-9-20(15-18)26-24(31)19-8-6-13-29(16-19)22(30)12-14-32-21-10-3-2-4-11-21/h2-5,7,9-11,15,17,19H,6,8,12-14,16H2,1H3,(H,26,31). The number of para-hydroxylation sites is 1. The predicted octanol–water partition coefficient (Wildman–Crippen LogP) is 3.13. The fraction of sp³-hybridized carbons (Fsp3) is 0.333. The number of hydrogen-bond donors (Lipinski definition) is 1. The van der Waals surface area contributed by atoms with Gasteiger partial charge in [-0.25, -0.2) is 0 Å². The van der Waals surface area contributed by atoms with Crippen molar-refractivity contribution >= 4 is 17.5 Å². The molecule has 1 saturated heterocycles. The monoisotopic (exact) mass is 433 g/mol. The number of hydrogen-bond acceptors (Lipinski definition) is 5. The molecule has 1 atom stereocenters. The summed E-state index contributed by atoms with van der Waals surface area (Å²) in [6.07, 6.45) is 3.50. The molecule has 8 nitrogen and oxygen atoms in total. The van der Waals surface area contributed by atoms with Crippen LogP contribution in [0.5, 0.6) is 5.75 Å². The van der Waals surface area contributed by atoms with E-state index in [0.29, 0.717) is 31.8 Å². The second-order valence-corrected chi connectivity index (χ2v) is 7.93. The van der Waals surface area contributed by atoms with Crippen LogP contribution < -0.4 is 10.1 Å². The van der Waals surface area contributed by atoms with Crippen LogP contribution in [0.2, 0.25) is 0 Å². The fourth-order valence-corrected chi connectivity index (χ4v) is 3.87. The Labute approximate surface area is 187 Å². The van der Waals surface area contributed by atoms with E-state index in [1.54, 1.807) is 11.2 Å². The highest BCUT2D eigenvalue weighted by atomic mass is 16.5. The van der Waals surface area contributed by atoms with Crippen LogP contribution in [-0.4, -0.2) is 51.2 Å². The summed E-state index contributed by atoms with van der Waals surface area (Å²) in [5, 5.41) is 11.0. The van der Waals surface area contributed by atoms with Gasteiger partial charge in [-0.05, 0) is 37.1 Å². The van der Waals surface area contributed by atoms with Gasteiger partial charge in [-0.3, -0.25) is 9.59 Å². The van der Waals surface area contributed by atoms with Gasteiger partial charge < -0.3 is 19.5 Å². The number of carbonyl (C=O) groups excluding carboxylic acids is 2. The Morgan fingerprint density at radius 2 is 2.00 bits per heavy atom. The molecule has 1 N–H and O–H groups in total. The minimum Gasteiger partial charge on any atom is -0.493 e. The SMILES string of the molecule is Cn1cnnc1-c1cccc(NC(=O)C2CCCN(C(=O)CCOc3ccccc3)C2)c1. The third-order valence-electron chi connectivity index (χ3n) is 5.57. The number of nitrogens with zero attached hydrogens (tertiary/aromatic N) is 4. The van der Waals surface area contributed by atoms with E-state index in [1.807, 2.05) is 66.2 Å². The molecule has 0 saturated carbocycles. The van der Waals surface area contributed by atoms with Crippen molar-refractivity contribution in [3.63, 3.8) is 0 Å². The molecule has 3 aromatic rings. The Balaban J connectivity index is 1.30. The van der Waals surface area contributed by atoms with Crippen molar-refractivity contribution in [1.82, 2.24) is 19.7 Å². The summed E-state index contributed by atoms with van der Waals surface area (Å²) >= 11 is 0. The van der Waals surface area contributed by atoms with Crippen LogP contribution in [0.3, 0.4) is 0 Å². The molecule has 1 unspecified atom stereocenters. The first-order valence-corrected chi connectivity index (χ1v) is 10.8. The molecule has 2 aromatic carbocycles. The van der Waals surface area contributed by atoms with Crippen LogP contribution in [0.4, 0.5) is 5.69 Å². The topological polar surface area (TPSA) is 89.4 Å². The van der Waals surface area contributed by atoms with Crippen LogP contribution in [0.15, 0.2) is 60.9 Å². The predicted molar refractivity (Wildman–Crippen MR) is 121 cm³/mol. The van der Waals surface area contributed by atoms with E-state index < -0.39 is 0 Å². The molecule has 0 bridgehead atoms. The van der Waals surface area contributed by atoms with E-state index >= 15 is 0 Å². The summed E-state index contributed by atoms with van der Waals surface area (Å²) < 4.78 is 7.46. The van der Waals surface area contributed by atoms with E-state index in [1.165, 1.54) is 0 Å². The molecule has 8 heteroatoms. The lowest BCUT2D eigenvalue weighted by Crippen LogP contribution is -2.44. The lowest BCUT2D eigenvalue weighted by atomic mass is 9.96. The summed E-state index contributed by atoms with van der Waals surface area (Å²) in [4.78, 5) is 27.3. The van der Waals surface area contributed by atoms with E-state index in [0.717, 1.165) is 30.0 Å². The van der Waals surface area contributed by atoms with Gasteiger partial charge in [-0.1, -0.05) is 30.3 Å². The average Bonchev–Trinajstić information content (AvgIpc) is 3.26. The molecule has 1 fully saturated rings. The molecule has 2 heterocycles. The second-order valence-electron chi connectivity index (χ2n) is 7.93. The van der Waals surface area contributed by atoms with E-state index in [9.17, 15) is 9.59 Å². The van der Waals surface area contributed by atoms with Crippen LogP contribution >= 0.6 is 0 Å². The summed E-state index contributed by atoms with van der Waals surface area (Å²) in [5.41, 5.74) is 1.58. The Morgan fingerprint density at radius 3 is 2.78 bits per heavy atom. The fourth-order valence-electron chi connectivity index (χ4n) is 3.87. The molecule has 2 amide bonds. The molecular formula is C24H27N5O3. The minimum atomic E-state index is -0.235. The molecule has 32 heavy (non-hydrogen) atoms. The maximum atomic E-state index is 12.9. The van der Waals surface area contributed by atoms with Gasteiger partial charge in [0, 0.05) is 31.4 Å². The largest absolute Gasteiger partial charge is 0.493 e. The van der Waals surface area contributed by atoms with Gasteiger partial charge in [0.2, 0.25) is 11.8 Å². The summed E-state index contributed by atoms with van der Waals surface area (Å²) in [7, 11) is 1.87. The molecule has 0 radical (unpaired) electrons. The number of anilines is 1. The zero-order chi connectivity index (χ0) is 22.3. The van der Waals surface area contributed by atoms with E-state index in [2.05, 4.69) is 15.5 Å². The summed E-state index contributed by atoms with van der Waals surface area (Å²) in [6.45, 7) is 1.43. The highest BCUT2D eigenvalue weighted by molar-refractivity contribution is 5.93. The zero-order valence-corrected chi connectivity index (χ0v) is 18.1. The van der Waals surface area contributed by atoms with Gasteiger partial charge in [0.05, 0.1) is 18.9 Å². The van der Waals surface area contributed by atoms with Crippen molar-refractivity contribution in [2.24, 2.45) is 13.0 Å². The summed E-state index contributed by atoms with van der Waals surface area (Å²) in [5.74, 6) is 1.19. The average molecular weight is 434 g/mol. The Morgan fingerprint density at radius 1 is 1.16 bits per heavy atom. The molecule has 1 aromatic heterocycles. The maximum absolute atomic E-state index is 12.9. The zero-order valence-electron chi connectivity index (χ0n) is 18.1. The third kappa shape index (κ3) is 5.32. The van der Waals surface area contributed by atoms with Gasteiger partial charge >= 0.3 is 0 Å².